The Morgan fingerprint density at radius 2 is 2.04 bits per heavy atom. The van der Waals surface area contributed by atoms with Crippen LogP contribution in [0.15, 0.2) is 29.1 Å². The van der Waals surface area contributed by atoms with Gasteiger partial charge in [-0.15, -0.1) is 5.10 Å². The Balaban J connectivity index is 1.94. The summed E-state index contributed by atoms with van der Waals surface area (Å²) in [6.45, 7) is 3.89. The Bertz CT molecular complexity index is 818. The highest BCUT2D eigenvalue weighted by atomic mass is 16.4. The van der Waals surface area contributed by atoms with Crippen molar-refractivity contribution in [3.8, 4) is 0 Å². The summed E-state index contributed by atoms with van der Waals surface area (Å²) in [6, 6.07) is 6.02. The zero-order chi connectivity index (χ0) is 18.4. The Labute approximate surface area is 144 Å². The average molecular weight is 346 g/mol. The highest BCUT2D eigenvalue weighted by molar-refractivity contribution is 5.83. The molecule has 0 aliphatic carbocycles. The van der Waals surface area contributed by atoms with E-state index in [-0.39, 0.29) is 30.3 Å². The summed E-state index contributed by atoms with van der Waals surface area (Å²) >= 11 is 0. The molecule has 1 aromatic heterocycles. The number of nitrogens with zero attached hydrogens (tertiary/aromatic N) is 3. The van der Waals surface area contributed by atoms with Crippen LogP contribution in [0.1, 0.15) is 33.1 Å². The van der Waals surface area contributed by atoms with Crippen LogP contribution in [0.4, 0.5) is 0 Å². The van der Waals surface area contributed by atoms with Gasteiger partial charge in [-0.1, -0.05) is 37.6 Å². The SMILES string of the molecule is CCC(C)C(NC(=O)CCCn1nnc2ccccc2c1=O)C(=O)O. The van der Waals surface area contributed by atoms with Crippen LogP contribution in [0.2, 0.25) is 0 Å². The van der Waals surface area contributed by atoms with Crippen molar-refractivity contribution in [3.05, 3.63) is 34.6 Å². The fraction of sp³-hybridized carbons (Fsp3) is 0.471. The molecule has 2 N–H and O–H groups in total. The first-order chi connectivity index (χ1) is 11.9. The molecule has 0 aliphatic heterocycles. The van der Waals surface area contributed by atoms with E-state index in [1.165, 1.54) is 4.68 Å². The van der Waals surface area contributed by atoms with Crippen LogP contribution in [0.3, 0.4) is 0 Å². The number of carbonyl (C=O) groups excluding carboxylic acids is 1. The number of carbonyl (C=O) groups is 2. The molecule has 2 atom stereocenters. The molecule has 0 saturated carbocycles. The molecule has 8 heteroatoms. The molecule has 2 rings (SSSR count). The van der Waals surface area contributed by atoms with Crippen LogP contribution in [0, 0.1) is 5.92 Å². The monoisotopic (exact) mass is 346 g/mol. The highest BCUT2D eigenvalue weighted by Crippen LogP contribution is 2.08. The van der Waals surface area contributed by atoms with Crippen molar-refractivity contribution in [3.63, 3.8) is 0 Å². The lowest BCUT2D eigenvalue weighted by Crippen LogP contribution is -2.45. The second-order valence-corrected chi connectivity index (χ2v) is 6.01. The van der Waals surface area contributed by atoms with Gasteiger partial charge < -0.3 is 10.4 Å². The van der Waals surface area contributed by atoms with Crippen molar-refractivity contribution in [1.82, 2.24) is 20.3 Å². The molecular weight excluding hydrogens is 324 g/mol. The van der Waals surface area contributed by atoms with Gasteiger partial charge in [-0.3, -0.25) is 9.59 Å². The summed E-state index contributed by atoms with van der Waals surface area (Å²) in [5.74, 6) is -1.55. The van der Waals surface area contributed by atoms with E-state index < -0.39 is 12.0 Å². The van der Waals surface area contributed by atoms with Gasteiger partial charge in [0.15, 0.2) is 0 Å². The number of aryl methyl sites for hydroxylation is 1. The molecule has 1 amide bonds. The molecular formula is C17H22N4O4. The van der Waals surface area contributed by atoms with Gasteiger partial charge in [0.1, 0.15) is 11.6 Å². The molecule has 134 valence electrons. The molecule has 8 nitrogen and oxygen atoms in total. The van der Waals surface area contributed by atoms with Gasteiger partial charge in [-0.05, 0) is 24.5 Å². The lowest BCUT2D eigenvalue weighted by Gasteiger charge is -2.20. The Hall–Kier alpha value is -2.77. The highest BCUT2D eigenvalue weighted by Gasteiger charge is 2.24. The van der Waals surface area contributed by atoms with Crippen molar-refractivity contribution in [2.45, 2.75) is 45.7 Å². The maximum absolute atomic E-state index is 12.3. The van der Waals surface area contributed by atoms with Crippen molar-refractivity contribution in [1.29, 1.82) is 0 Å². The van der Waals surface area contributed by atoms with E-state index >= 15 is 0 Å². The summed E-state index contributed by atoms with van der Waals surface area (Å²) < 4.78 is 1.22. The number of benzene rings is 1. The van der Waals surface area contributed by atoms with Crippen LogP contribution < -0.4 is 10.9 Å². The number of aliphatic carboxylic acids is 1. The van der Waals surface area contributed by atoms with Gasteiger partial charge >= 0.3 is 5.97 Å². The number of hydrogen-bond acceptors (Lipinski definition) is 5. The minimum absolute atomic E-state index is 0.112. The molecule has 25 heavy (non-hydrogen) atoms. The molecule has 0 bridgehead atoms. The van der Waals surface area contributed by atoms with Gasteiger partial charge in [-0.2, -0.15) is 0 Å². The van der Waals surface area contributed by atoms with Gasteiger partial charge in [0.05, 0.1) is 5.39 Å². The van der Waals surface area contributed by atoms with Crippen molar-refractivity contribution in [2.75, 3.05) is 0 Å². The Kier molecular flexibility index (Phi) is 6.21. The molecule has 0 fully saturated rings. The van der Waals surface area contributed by atoms with Crippen LogP contribution in [0.25, 0.3) is 10.9 Å². The van der Waals surface area contributed by atoms with Crippen molar-refractivity contribution < 1.29 is 14.7 Å². The van der Waals surface area contributed by atoms with Crippen molar-refractivity contribution in [2.24, 2.45) is 5.92 Å². The van der Waals surface area contributed by atoms with Gasteiger partial charge in [-0.25, -0.2) is 9.48 Å². The smallest absolute Gasteiger partial charge is 0.326 e. The lowest BCUT2D eigenvalue weighted by atomic mass is 9.99. The predicted molar refractivity (Wildman–Crippen MR) is 92.1 cm³/mol. The third-order valence-electron chi connectivity index (χ3n) is 4.20. The van der Waals surface area contributed by atoms with E-state index in [0.717, 1.165) is 0 Å². The van der Waals surface area contributed by atoms with E-state index in [0.29, 0.717) is 23.7 Å². The third-order valence-corrected chi connectivity index (χ3v) is 4.20. The molecule has 1 aromatic carbocycles. The number of aromatic nitrogens is 3. The maximum atomic E-state index is 12.3. The average Bonchev–Trinajstić information content (AvgIpc) is 2.61. The summed E-state index contributed by atoms with van der Waals surface area (Å²) in [4.78, 5) is 35.5. The lowest BCUT2D eigenvalue weighted by molar-refractivity contribution is -0.143. The van der Waals surface area contributed by atoms with Gasteiger partial charge in [0.2, 0.25) is 5.91 Å². The molecule has 2 unspecified atom stereocenters. The zero-order valence-corrected chi connectivity index (χ0v) is 14.3. The van der Waals surface area contributed by atoms with Crippen LogP contribution in [-0.2, 0) is 16.1 Å². The molecule has 0 saturated heterocycles. The number of carboxylic acids is 1. The number of nitrogens with one attached hydrogen (secondary N) is 1. The molecule has 2 aromatic rings. The number of amides is 1. The zero-order valence-electron chi connectivity index (χ0n) is 14.3. The Morgan fingerprint density at radius 1 is 1.32 bits per heavy atom. The first-order valence-electron chi connectivity index (χ1n) is 8.28. The van der Waals surface area contributed by atoms with E-state index in [1.807, 2.05) is 6.92 Å². The van der Waals surface area contributed by atoms with Crippen molar-refractivity contribution >= 4 is 22.8 Å². The normalized spacial score (nSPS) is 13.4. The first-order valence-corrected chi connectivity index (χ1v) is 8.28. The first kappa shape index (κ1) is 18.6. The fourth-order valence-electron chi connectivity index (χ4n) is 2.49. The van der Waals surface area contributed by atoms with E-state index in [2.05, 4.69) is 15.6 Å². The number of fused-ring (bicyclic) bond motifs is 1. The quantitative estimate of drug-likeness (QED) is 0.742. The number of rotatable bonds is 8. The third kappa shape index (κ3) is 4.62. The van der Waals surface area contributed by atoms with E-state index in [9.17, 15) is 19.5 Å². The van der Waals surface area contributed by atoms with Gasteiger partial charge in [0, 0.05) is 13.0 Å². The number of hydrogen-bond donors (Lipinski definition) is 2. The molecule has 0 spiro atoms. The van der Waals surface area contributed by atoms with E-state index in [1.54, 1.807) is 31.2 Å². The second-order valence-electron chi connectivity index (χ2n) is 6.01. The summed E-state index contributed by atoms with van der Waals surface area (Å²) in [6.07, 6.45) is 1.13. The van der Waals surface area contributed by atoms with E-state index in [4.69, 9.17) is 0 Å². The fourth-order valence-corrected chi connectivity index (χ4v) is 2.49. The molecule has 0 aliphatic rings. The van der Waals surface area contributed by atoms with Crippen LogP contribution in [-0.4, -0.2) is 38.0 Å². The largest absolute Gasteiger partial charge is 0.480 e. The van der Waals surface area contributed by atoms with Crippen LogP contribution in [0.5, 0.6) is 0 Å². The minimum atomic E-state index is -1.04. The topological polar surface area (TPSA) is 114 Å². The van der Waals surface area contributed by atoms with Crippen LogP contribution >= 0.6 is 0 Å². The molecule has 0 radical (unpaired) electrons. The molecule has 1 heterocycles. The maximum Gasteiger partial charge on any atom is 0.326 e. The Morgan fingerprint density at radius 3 is 2.72 bits per heavy atom. The minimum Gasteiger partial charge on any atom is -0.480 e. The van der Waals surface area contributed by atoms with Gasteiger partial charge in [0.25, 0.3) is 5.56 Å². The number of carboxylic acid groups (broad SMARTS) is 1. The standard InChI is InChI=1S/C17H22N4O4/c1-3-11(2)15(17(24)25)18-14(22)9-6-10-21-16(23)12-7-4-5-8-13(12)19-20-21/h4-5,7-8,11,15H,3,6,9-10H2,1-2H3,(H,18,22)(H,24,25). The summed E-state index contributed by atoms with van der Waals surface area (Å²) in [7, 11) is 0. The summed E-state index contributed by atoms with van der Waals surface area (Å²) in [5.41, 5.74) is 0.272. The summed E-state index contributed by atoms with van der Waals surface area (Å²) in [5, 5.41) is 20.0. The second kappa shape index (κ2) is 8.36. The predicted octanol–water partition coefficient (Wildman–Crippen LogP) is 1.19.